The van der Waals surface area contributed by atoms with Gasteiger partial charge >= 0.3 is 5.97 Å². The number of esters is 1. The summed E-state index contributed by atoms with van der Waals surface area (Å²) in [5.41, 5.74) is 1.26. The van der Waals surface area contributed by atoms with E-state index < -0.39 is 24.5 Å². The number of amides is 1. The molecule has 1 saturated heterocycles. The maximum atomic E-state index is 13.1. The van der Waals surface area contributed by atoms with E-state index in [1.807, 2.05) is 36.4 Å². The second-order valence-corrected chi connectivity index (χ2v) is 5.79. The molecule has 1 amide bonds. The smallest absolute Gasteiger partial charge is 0.337 e. The first-order chi connectivity index (χ1) is 12.7. The Morgan fingerprint density at radius 2 is 1.65 bits per heavy atom. The molecule has 0 aromatic heterocycles. The first kappa shape index (κ1) is 18.1. The first-order valence-electron chi connectivity index (χ1n) is 8.45. The minimum atomic E-state index is -0.984. The van der Waals surface area contributed by atoms with Gasteiger partial charge in [0.15, 0.2) is 6.10 Å². The van der Waals surface area contributed by atoms with Crippen molar-refractivity contribution in [2.75, 3.05) is 13.7 Å². The molecule has 1 fully saturated rings. The molecule has 6 nitrogen and oxygen atoms in total. The number of hydrogen-bond acceptors (Lipinski definition) is 5. The van der Waals surface area contributed by atoms with Gasteiger partial charge in [0.1, 0.15) is 0 Å². The summed E-state index contributed by atoms with van der Waals surface area (Å²) in [6, 6.07) is 17.5. The van der Waals surface area contributed by atoms with Gasteiger partial charge in [0.2, 0.25) is 6.41 Å². The summed E-state index contributed by atoms with van der Waals surface area (Å²) in [6.45, 7) is 1.95. The minimum absolute atomic E-state index is 0.227. The van der Waals surface area contributed by atoms with Crippen LogP contribution in [0.3, 0.4) is 0 Å². The highest BCUT2D eigenvalue weighted by molar-refractivity contribution is 5.95. The SMILES string of the molecule is CCOC(=O)[C@@H]1OC(OC)N(C(=O)c2ccccc2)[C@@H]1c1ccccc1. The second-order valence-electron chi connectivity index (χ2n) is 5.79. The van der Waals surface area contributed by atoms with Crippen molar-refractivity contribution in [2.45, 2.75) is 25.5 Å². The third-order valence-corrected chi connectivity index (χ3v) is 4.19. The third-order valence-electron chi connectivity index (χ3n) is 4.19. The van der Waals surface area contributed by atoms with E-state index in [2.05, 4.69) is 0 Å². The Hall–Kier alpha value is -2.70. The Kier molecular flexibility index (Phi) is 5.65. The molecule has 0 N–H and O–H groups in total. The largest absolute Gasteiger partial charge is 0.464 e. The van der Waals surface area contributed by atoms with E-state index in [-0.39, 0.29) is 12.5 Å². The fourth-order valence-electron chi connectivity index (χ4n) is 3.06. The highest BCUT2D eigenvalue weighted by atomic mass is 16.7. The van der Waals surface area contributed by atoms with Crippen molar-refractivity contribution in [1.82, 2.24) is 4.90 Å². The van der Waals surface area contributed by atoms with Crippen LogP contribution in [0.4, 0.5) is 0 Å². The molecule has 0 bridgehead atoms. The van der Waals surface area contributed by atoms with Crippen molar-refractivity contribution in [2.24, 2.45) is 0 Å². The number of rotatable bonds is 5. The third kappa shape index (κ3) is 3.47. The number of ether oxygens (including phenoxy) is 3. The van der Waals surface area contributed by atoms with Gasteiger partial charge in [-0.2, -0.15) is 0 Å². The van der Waals surface area contributed by atoms with Crippen molar-refractivity contribution >= 4 is 11.9 Å². The molecule has 2 aromatic rings. The van der Waals surface area contributed by atoms with Crippen molar-refractivity contribution in [3.63, 3.8) is 0 Å². The van der Waals surface area contributed by atoms with Gasteiger partial charge in [-0.05, 0) is 24.6 Å². The average Bonchev–Trinajstić information content (AvgIpc) is 3.08. The lowest BCUT2D eigenvalue weighted by atomic mass is 10.00. The molecule has 1 unspecified atom stereocenters. The zero-order valence-electron chi connectivity index (χ0n) is 14.7. The maximum absolute atomic E-state index is 13.1. The molecule has 0 aliphatic carbocycles. The molecule has 6 heteroatoms. The summed E-state index contributed by atoms with van der Waals surface area (Å²) in [4.78, 5) is 27.0. The number of benzene rings is 2. The van der Waals surface area contributed by atoms with Gasteiger partial charge in [-0.1, -0.05) is 48.5 Å². The van der Waals surface area contributed by atoms with Crippen LogP contribution in [-0.4, -0.2) is 43.0 Å². The minimum Gasteiger partial charge on any atom is -0.464 e. The molecule has 136 valence electrons. The molecule has 0 saturated carbocycles. The number of carbonyl (C=O) groups is 2. The van der Waals surface area contributed by atoms with Gasteiger partial charge in [0, 0.05) is 12.7 Å². The van der Waals surface area contributed by atoms with E-state index in [1.54, 1.807) is 31.2 Å². The van der Waals surface area contributed by atoms with Gasteiger partial charge in [0.05, 0.1) is 12.6 Å². The van der Waals surface area contributed by atoms with Crippen LogP contribution in [0.2, 0.25) is 0 Å². The molecular formula is C20H21NO5. The Morgan fingerprint density at radius 3 is 2.23 bits per heavy atom. The van der Waals surface area contributed by atoms with E-state index in [9.17, 15) is 9.59 Å². The molecular weight excluding hydrogens is 334 g/mol. The zero-order chi connectivity index (χ0) is 18.5. The van der Waals surface area contributed by atoms with Crippen molar-refractivity contribution in [3.05, 3.63) is 71.8 Å². The standard InChI is InChI=1S/C20H21NO5/c1-3-25-19(23)17-16(14-10-6-4-7-11-14)21(20(24-2)26-17)18(22)15-12-8-5-9-13-15/h4-13,16-17,20H,3H2,1-2H3/t16-,17-,20?/m1/s1. The van der Waals surface area contributed by atoms with E-state index >= 15 is 0 Å². The summed E-state index contributed by atoms with van der Waals surface area (Å²) in [6.07, 6.45) is -1.95. The first-order valence-corrected chi connectivity index (χ1v) is 8.45. The van der Waals surface area contributed by atoms with Gasteiger partial charge in [-0.3, -0.25) is 9.69 Å². The molecule has 1 heterocycles. The predicted octanol–water partition coefficient (Wildman–Crippen LogP) is 2.76. The lowest BCUT2D eigenvalue weighted by Gasteiger charge is -2.28. The van der Waals surface area contributed by atoms with Gasteiger partial charge < -0.3 is 14.2 Å². The van der Waals surface area contributed by atoms with Crippen LogP contribution in [0.25, 0.3) is 0 Å². The number of nitrogens with zero attached hydrogens (tertiary/aromatic N) is 1. The van der Waals surface area contributed by atoms with E-state index in [0.717, 1.165) is 5.56 Å². The topological polar surface area (TPSA) is 65.1 Å². The molecule has 3 atom stereocenters. The van der Waals surface area contributed by atoms with Crippen LogP contribution in [0.15, 0.2) is 60.7 Å². The Labute approximate surface area is 152 Å². The second kappa shape index (κ2) is 8.12. The normalized spacial score (nSPS) is 22.2. The van der Waals surface area contributed by atoms with Gasteiger partial charge in [-0.25, -0.2) is 4.79 Å². The lowest BCUT2D eigenvalue weighted by molar-refractivity contribution is -0.180. The van der Waals surface area contributed by atoms with Crippen LogP contribution >= 0.6 is 0 Å². The molecule has 26 heavy (non-hydrogen) atoms. The van der Waals surface area contributed by atoms with Crippen LogP contribution in [0.1, 0.15) is 28.9 Å². The van der Waals surface area contributed by atoms with E-state index in [1.165, 1.54) is 12.0 Å². The zero-order valence-corrected chi connectivity index (χ0v) is 14.7. The Balaban J connectivity index is 2.03. The molecule has 2 aromatic carbocycles. The monoisotopic (exact) mass is 355 g/mol. The lowest BCUT2D eigenvalue weighted by Crippen LogP contribution is -2.40. The van der Waals surface area contributed by atoms with E-state index in [0.29, 0.717) is 5.56 Å². The predicted molar refractivity (Wildman–Crippen MR) is 94.1 cm³/mol. The fraction of sp³-hybridized carbons (Fsp3) is 0.300. The average molecular weight is 355 g/mol. The molecule has 0 radical (unpaired) electrons. The summed E-state index contributed by atoms with van der Waals surface area (Å²) >= 11 is 0. The van der Waals surface area contributed by atoms with Crippen molar-refractivity contribution in [1.29, 1.82) is 0 Å². The molecule has 3 rings (SSSR count). The van der Waals surface area contributed by atoms with Crippen molar-refractivity contribution in [3.8, 4) is 0 Å². The van der Waals surface area contributed by atoms with Gasteiger partial charge in [0.25, 0.3) is 5.91 Å². The van der Waals surface area contributed by atoms with Crippen molar-refractivity contribution < 1.29 is 23.8 Å². The number of carbonyl (C=O) groups excluding carboxylic acids is 2. The summed E-state index contributed by atoms with van der Waals surface area (Å²) in [5, 5.41) is 0. The Morgan fingerprint density at radius 1 is 1.04 bits per heavy atom. The van der Waals surface area contributed by atoms with E-state index in [4.69, 9.17) is 14.2 Å². The quantitative estimate of drug-likeness (QED) is 0.772. The Bertz CT molecular complexity index is 749. The summed E-state index contributed by atoms with van der Waals surface area (Å²) in [7, 11) is 1.44. The van der Waals surface area contributed by atoms with Crippen LogP contribution < -0.4 is 0 Å². The number of hydrogen-bond donors (Lipinski definition) is 0. The number of methoxy groups -OCH3 is 1. The van der Waals surface area contributed by atoms with Crippen LogP contribution in [-0.2, 0) is 19.0 Å². The molecule has 1 aliphatic rings. The van der Waals surface area contributed by atoms with Crippen LogP contribution in [0, 0.1) is 0 Å². The molecule has 1 aliphatic heterocycles. The fourth-order valence-corrected chi connectivity index (χ4v) is 3.06. The van der Waals surface area contributed by atoms with Gasteiger partial charge in [-0.15, -0.1) is 0 Å². The highest BCUT2D eigenvalue weighted by Crippen LogP contribution is 2.37. The maximum Gasteiger partial charge on any atom is 0.337 e. The highest BCUT2D eigenvalue weighted by Gasteiger charge is 2.50. The summed E-state index contributed by atoms with van der Waals surface area (Å²) < 4.78 is 16.3. The summed E-state index contributed by atoms with van der Waals surface area (Å²) in [5.74, 6) is -0.801. The molecule has 0 spiro atoms. The van der Waals surface area contributed by atoms with Crippen LogP contribution in [0.5, 0.6) is 0 Å².